The zero-order valence-electron chi connectivity index (χ0n) is 37.1. The Kier molecular flexibility index (Phi) is 37.6. The van der Waals surface area contributed by atoms with Gasteiger partial charge in [-0.25, -0.2) is 0 Å². The third kappa shape index (κ3) is 34.7. The molecule has 5 nitrogen and oxygen atoms in total. The van der Waals surface area contributed by atoms with E-state index in [1.807, 2.05) is 0 Å². The summed E-state index contributed by atoms with van der Waals surface area (Å²) in [6.45, 7) is 13.1. The lowest BCUT2D eigenvalue weighted by Crippen LogP contribution is -2.40. The average molecular weight is 788 g/mol. The van der Waals surface area contributed by atoms with Crippen molar-refractivity contribution in [1.29, 1.82) is 0 Å². The van der Waals surface area contributed by atoms with Crippen LogP contribution in [0.25, 0.3) is 0 Å². The van der Waals surface area contributed by atoms with Crippen LogP contribution in [0, 0.1) is 0 Å². The van der Waals surface area contributed by atoms with Crippen molar-refractivity contribution in [3.8, 4) is 0 Å². The predicted octanol–water partition coefficient (Wildman–Crippen LogP) is 14.7. The number of aliphatic hydroxyl groups excluding tert-OH is 1. The maximum Gasteiger partial charge on any atom is 0.333 e. The van der Waals surface area contributed by atoms with E-state index in [1.165, 1.54) is 148 Å². The lowest BCUT2D eigenvalue weighted by Gasteiger charge is -2.29. The van der Waals surface area contributed by atoms with Crippen molar-refractivity contribution in [1.82, 2.24) is 4.90 Å². The van der Waals surface area contributed by atoms with Crippen LogP contribution in [0.4, 0.5) is 0 Å². The first-order valence-corrected chi connectivity index (χ1v) is 26.7. The number of allylic oxidation sites excluding steroid dienone is 8. The largest absolute Gasteiger partial charge is 0.395 e. The summed E-state index contributed by atoms with van der Waals surface area (Å²) >= 11 is 0. The van der Waals surface area contributed by atoms with E-state index in [1.54, 1.807) is 0 Å². The van der Waals surface area contributed by atoms with Crippen molar-refractivity contribution in [2.75, 3.05) is 32.9 Å². The monoisotopic (exact) mass is 788 g/mol. The van der Waals surface area contributed by atoms with Crippen LogP contribution in [0.5, 0.6) is 0 Å². The molecule has 0 amide bonds. The van der Waals surface area contributed by atoms with Gasteiger partial charge in [-0.05, 0) is 135 Å². The number of nitrogens with zero attached hydrogens (tertiary/aromatic N) is 1. The van der Waals surface area contributed by atoms with Crippen LogP contribution in [0.3, 0.4) is 0 Å². The Morgan fingerprint density at radius 2 is 1.05 bits per heavy atom. The van der Waals surface area contributed by atoms with Crippen LogP contribution in [0.1, 0.15) is 206 Å². The van der Waals surface area contributed by atoms with Gasteiger partial charge >= 0.3 is 8.56 Å². The van der Waals surface area contributed by atoms with E-state index < -0.39 is 8.56 Å². The normalized spacial score (nSPS) is 16.3. The second kappa shape index (κ2) is 39.8. The highest BCUT2D eigenvalue weighted by Gasteiger charge is 2.29. The zero-order chi connectivity index (χ0) is 39.8. The molecule has 1 N–H and O–H groups in total. The highest BCUT2D eigenvalue weighted by atomic mass is 28.4. The highest BCUT2D eigenvalue weighted by molar-refractivity contribution is 6.64. The molecule has 322 valence electrons. The van der Waals surface area contributed by atoms with E-state index in [4.69, 9.17) is 13.6 Å². The molecule has 0 bridgehead atoms. The molecule has 0 aromatic heterocycles. The molecular formula is C49H93NO4Si. The fourth-order valence-corrected chi connectivity index (χ4v) is 8.96. The van der Waals surface area contributed by atoms with Gasteiger partial charge in [-0.2, -0.15) is 0 Å². The summed E-state index contributed by atoms with van der Waals surface area (Å²) in [4.78, 5) is 2.48. The van der Waals surface area contributed by atoms with Gasteiger partial charge in [0.15, 0.2) is 0 Å². The first kappa shape index (κ1) is 52.0. The van der Waals surface area contributed by atoms with Gasteiger partial charge in [0, 0.05) is 19.3 Å². The number of rotatable bonds is 41. The lowest BCUT2D eigenvalue weighted by molar-refractivity contribution is -0.104. The van der Waals surface area contributed by atoms with Gasteiger partial charge in [0.25, 0.3) is 0 Å². The van der Waals surface area contributed by atoms with Crippen molar-refractivity contribution in [2.45, 2.75) is 232 Å². The molecule has 0 aromatic rings. The number of hydrogen-bond donors (Lipinski definition) is 1. The van der Waals surface area contributed by atoms with Crippen LogP contribution in [0.2, 0.25) is 13.1 Å². The molecule has 2 atom stereocenters. The summed E-state index contributed by atoms with van der Waals surface area (Å²) in [6.07, 6.45) is 55.6. The van der Waals surface area contributed by atoms with Gasteiger partial charge in [0.1, 0.15) is 6.29 Å². The standard InChI is InChI=1S/C49H93NO4Si/c1-5-7-9-11-13-15-17-19-21-23-25-27-29-31-34-38-45-52-49(42-36-32-30-28-26-24-22-20-18-16-14-12-10-8-6-2)54-55(3,4)53-46-39-35-33-37-43-50-44-40-41-48(50)47-51/h13-16,19-22,48-49,51H,5-12,17-18,23-47H2,1-4H3/b15-13-,16-14-,21-19-,22-20-. The van der Waals surface area contributed by atoms with Crippen LogP contribution in [-0.4, -0.2) is 63.8 Å². The van der Waals surface area contributed by atoms with Crippen LogP contribution < -0.4 is 0 Å². The Morgan fingerprint density at radius 1 is 0.582 bits per heavy atom. The number of likely N-dealkylation sites (tertiary alicyclic amines) is 1. The minimum atomic E-state index is -2.27. The van der Waals surface area contributed by atoms with Gasteiger partial charge in [-0.15, -0.1) is 0 Å². The molecule has 1 rings (SSSR count). The summed E-state index contributed by atoms with van der Waals surface area (Å²) < 4.78 is 19.5. The van der Waals surface area contributed by atoms with Crippen LogP contribution in [0.15, 0.2) is 48.6 Å². The van der Waals surface area contributed by atoms with E-state index in [9.17, 15) is 5.11 Å². The van der Waals surface area contributed by atoms with Gasteiger partial charge < -0.3 is 18.7 Å². The van der Waals surface area contributed by atoms with Crippen LogP contribution >= 0.6 is 0 Å². The molecule has 1 aliphatic heterocycles. The van der Waals surface area contributed by atoms with E-state index in [0.29, 0.717) is 12.6 Å². The molecule has 6 heteroatoms. The summed E-state index contributed by atoms with van der Waals surface area (Å²) in [5.74, 6) is 0. The van der Waals surface area contributed by atoms with Gasteiger partial charge in [-0.1, -0.05) is 146 Å². The van der Waals surface area contributed by atoms with E-state index in [2.05, 4.69) is 80.4 Å². The molecule has 0 radical (unpaired) electrons. The Balaban J connectivity index is 2.28. The molecule has 0 spiro atoms. The predicted molar refractivity (Wildman–Crippen MR) is 243 cm³/mol. The molecule has 1 heterocycles. The SMILES string of the molecule is CCCCC/C=C\C/C=C\CCCCCCCCOC(CCCCCCC/C=C\C/C=C\CCCCC)O[Si](C)(C)OCCCCCCN1CCCC1CO. The smallest absolute Gasteiger partial charge is 0.333 e. The number of hydrogen-bond acceptors (Lipinski definition) is 5. The Hall–Kier alpha value is -1.02. The van der Waals surface area contributed by atoms with E-state index >= 15 is 0 Å². The maximum absolute atomic E-state index is 9.57. The van der Waals surface area contributed by atoms with Crippen LogP contribution in [-0.2, 0) is 13.6 Å². The van der Waals surface area contributed by atoms with Gasteiger partial charge in [-0.3, -0.25) is 4.90 Å². The first-order valence-electron chi connectivity index (χ1n) is 23.9. The third-order valence-corrected chi connectivity index (χ3v) is 12.7. The zero-order valence-corrected chi connectivity index (χ0v) is 38.1. The minimum absolute atomic E-state index is 0.141. The van der Waals surface area contributed by atoms with Crippen molar-refractivity contribution in [2.24, 2.45) is 0 Å². The molecule has 55 heavy (non-hydrogen) atoms. The summed E-state index contributed by atoms with van der Waals surface area (Å²) in [6, 6.07) is 0.396. The molecule has 1 aliphatic rings. The summed E-state index contributed by atoms with van der Waals surface area (Å²) in [5.41, 5.74) is 0. The number of ether oxygens (including phenoxy) is 1. The molecule has 0 aromatic carbocycles. The fraction of sp³-hybridized carbons (Fsp3) is 0.837. The summed E-state index contributed by atoms with van der Waals surface area (Å²) in [5, 5.41) is 9.57. The third-order valence-electron chi connectivity index (χ3n) is 11.0. The Labute approximate surface area is 344 Å². The highest BCUT2D eigenvalue weighted by Crippen LogP contribution is 2.20. The number of unbranched alkanes of at least 4 members (excludes halogenated alkanes) is 20. The second-order valence-electron chi connectivity index (χ2n) is 16.7. The van der Waals surface area contributed by atoms with Crippen molar-refractivity contribution in [3.05, 3.63) is 48.6 Å². The van der Waals surface area contributed by atoms with E-state index in [0.717, 1.165) is 71.2 Å². The van der Waals surface area contributed by atoms with Crippen molar-refractivity contribution >= 4 is 8.56 Å². The first-order chi connectivity index (χ1) is 27.0. The lowest BCUT2D eigenvalue weighted by atomic mass is 10.1. The number of aliphatic hydroxyl groups is 1. The topological polar surface area (TPSA) is 51.2 Å². The minimum Gasteiger partial charge on any atom is -0.395 e. The molecular weight excluding hydrogens is 695 g/mol. The molecule has 2 unspecified atom stereocenters. The van der Waals surface area contributed by atoms with Crippen molar-refractivity contribution in [3.63, 3.8) is 0 Å². The van der Waals surface area contributed by atoms with E-state index in [-0.39, 0.29) is 6.29 Å². The molecule has 1 saturated heterocycles. The second-order valence-corrected chi connectivity index (χ2v) is 20.0. The van der Waals surface area contributed by atoms with Crippen molar-refractivity contribution < 1.29 is 18.7 Å². The molecule has 1 fully saturated rings. The van der Waals surface area contributed by atoms with Gasteiger partial charge in [0.05, 0.1) is 6.61 Å². The average Bonchev–Trinajstić information content (AvgIpc) is 3.64. The fourth-order valence-electron chi connectivity index (χ4n) is 7.44. The Morgan fingerprint density at radius 3 is 1.60 bits per heavy atom. The summed E-state index contributed by atoms with van der Waals surface area (Å²) in [7, 11) is -2.27. The maximum atomic E-state index is 9.57. The Bertz CT molecular complexity index is 919. The molecule has 0 aliphatic carbocycles. The van der Waals surface area contributed by atoms with Gasteiger partial charge in [0.2, 0.25) is 0 Å². The quantitative estimate of drug-likeness (QED) is 0.0289. The molecule has 0 saturated carbocycles.